The van der Waals surface area contributed by atoms with Gasteiger partial charge >= 0.3 is 0 Å². The highest BCUT2D eigenvalue weighted by atomic mass is 19.1. The van der Waals surface area contributed by atoms with E-state index in [0.29, 0.717) is 17.7 Å². The lowest BCUT2D eigenvalue weighted by molar-refractivity contribution is -0.114. The normalized spacial score (nSPS) is 9.93. The van der Waals surface area contributed by atoms with E-state index >= 15 is 0 Å². The van der Waals surface area contributed by atoms with Crippen molar-refractivity contribution in [3.63, 3.8) is 0 Å². The van der Waals surface area contributed by atoms with E-state index in [1.807, 2.05) is 6.92 Å². The SMILES string of the molecule is CCc1c(F)cccc1NC(=O)CN. The molecule has 0 atom stereocenters. The van der Waals surface area contributed by atoms with Gasteiger partial charge in [-0.15, -0.1) is 0 Å². The van der Waals surface area contributed by atoms with Crippen LogP contribution in [0.5, 0.6) is 0 Å². The predicted molar refractivity (Wildman–Crippen MR) is 53.5 cm³/mol. The van der Waals surface area contributed by atoms with Crippen LogP contribution in [0.3, 0.4) is 0 Å². The van der Waals surface area contributed by atoms with Gasteiger partial charge in [-0.1, -0.05) is 13.0 Å². The van der Waals surface area contributed by atoms with Crippen LogP contribution in [-0.2, 0) is 11.2 Å². The van der Waals surface area contributed by atoms with Crippen LogP contribution >= 0.6 is 0 Å². The molecule has 0 spiro atoms. The van der Waals surface area contributed by atoms with Crippen LogP contribution < -0.4 is 11.1 Å². The molecule has 0 aliphatic heterocycles. The Morgan fingerprint density at radius 3 is 2.86 bits per heavy atom. The average molecular weight is 196 g/mol. The first-order valence-corrected chi connectivity index (χ1v) is 4.46. The lowest BCUT2D eigenvalue weighted by Gasteiger charge is -2.09. The van der Waals surface area contributed by atoms with E-state index in [0.717, 1.165) is 0 Å². The Bertz CT molecular complexity index is 339. The molecule has 0 fully saturated rings. The molecule has 76 valence electrons. The maximum absolute atomic E-state index is 13.2. The number of hydrogen-bond acceptors (Lipinski definition) is 2. The molecule has 4 heteroatoms. The van der Waals surface area contributed by atoms with Crippen LogP contribution in [0.15, 0.2) is 18.2 Å². The number of anilines is 1. The highest BCUT2D eigenvalue weighted by Gasteiger charge is 2.07. The largest absolute Gasteiger partial charge is 0.325 e. The molecule has 0 radical (unpaired) electrons. The Morgan fingerprint density at radius 2 is 2.29 bits per heavy atom. The summed E-state index contributed by atoms with van der Waals surface area (Å²) in [5.41, 5.74) is 6.16. The quantitative estimate of drug-likeness (QED) is 0.765. The van der Waals surface area contributed by atoms with Crippen molar-refractivity contribution in [3.8, 4) is 0 Å². The Kier molecular flexibility index (Phi) is 3.59. The van der Waals surface area contributed by atoms with Crippen LogP contribution in [0.1, 0.15) is 12.5 Å². The summed E-state index contributed by atoms with van der Waals surface area (Å²) >= 11 is 0. The molecule has 1 amide bonds. The summed E-state index contributed by atoms with van der Waals surface area (Å²) in [5.74, 6) is -0.618. The van der Waals surface area contributed by atoms with Gasteiger partial charge in [0.1, 0.15) is 5.82 Å². The van der Waals surface area contributed by atoms with E-state index < -0.39 is 0 Å². The zero-order chi connectivity index (χ0) is 10.6. The van der Waals surface area contributed by atoms with Gasteiger partial charge in [0.2, 0.25) is 5.91 Å². The third kappa shape index (κ3) is 2.29. The topological polar surface area (TPSA) is 55.1 Å². The van der Waals surface area contributed by atoms with E-state index in [4.69, 9.17) is 5.73 Å². The number of benzene rings is 1. The first-order valence-electron chi connectivity index (χ1n) is 4.46. The summed E-state index contributed by atoms with van der Waals surface area (Å²) in [7, 11) is 0. The number of nitrogens with one attached hydrogen (secondary N) is 1. The van der Waals surface area contributed by atoms with Gasteiger partial charge in [-0.3, -0.25) is 4.79 Å². The van der Waals surface area contributed by atoms with Gasteiger partial charge in [-0.05, 0) is 18.6 Å². The fourth-order valence-corrected chi connectivity index (χ4v) is 1.24. The Labute approximate surface area is 82.1 Å². The maximum Gasteiger partial charge on any atom is 0.238 e. The van der Waals surface area contributed by atoms with Gasteiger partial charge in [-0.2, -0.15) is 0 Å². The molecule has 0 saturated carbocycles. The monoisotopic (exact) mass is 196 g/mol. The second-order valence-corrected chi connectivity index (χ2v) is 2.87. The smallest absolute Gasteiger partial charge is 0.238 e. The van der Waals surface area contributed by atoms with Crippen LogP contribution in [-0.4, -0.2) is 12.5 Å². The van der Waals surface area contributed by atoms with E-state index in [1.165, 1.54) is 6.07 Å². The fourth-order valence-electron chi connectivity index (χ4n) is 1.24. The standard InChI is InChI=1S/C10H13FN2O/c1-2-7-8(11)4-3-5-9(7)13-10(14)6-12/h3-5H,2,6,12H2,1H3,(H,13,14). The third-order valence-electron chi connectivity index (χ3n) is 1.93. The van der Waals surface area contributed by atoms with Crippen molar-refractivity contribution < 1.29 is 9.18 Å². The van der Waals surface area contributed by atoms with Crippen molar-refractivity contribution in [2.45, 2.75) is 13.3 Å². The number of nitrogens with two attached hydrogens (primary N) is 1. The van der Waals surface area contributed by atoms with E-state index in [9.17, 15) is 9.18 Å². The number of carbonyl (C=O) groups is 1. The van der Waals surface area contributed by atoms with Gasteiger partial charge in [-0.25, -0.2) is 4.39 Å². The molecule has 0 aromatic heterocycles. The summed E-state index contributed by atoms with van der Waals surface area (Å²) in [5, 5.41) is 2.55. The zero-order valence-electron chi connectivity index (χ0n) is 8.01. The lowest BCUT2D eigenvalue weighted by atomic mass is 10.1. The number of rotatable bonds is 3. The number of carbonyl (C=O) groups excluding carboxylic acids is 1. The van der Waals surface area contributed by atoms with Crippen molar-refractivity contribution in [3.05, 3.63) is 29.6 Å². The summed E-state index contributed by atoms with van der Waals surface area (Å²) in [4.78, 5) is 11.0. The summed E-state index contributed by atoms with van der Waals surface area (Å²) in [6.07, 6.45) is 0.535. The molecule has 0 bridgehead atoms. The average Bonchev–Trinajstić information content (AvgIpc) is 2.18. The second kappa shape index (κ2) is 4.72. The van der Waals surface area contributed by atoms with Gasteiger partial charge in [0, 0.05) is 11.3 Å². The van der Waals surface area contributed by atoms with Crippen molar-refractivity contribution in [1.29, 1.82) is 0 Å². The van der Waals surface area contributed by atoms with Crippen molar-refractivity contribution in [1.82, 2.24) is 0 Å². The summed E-state index contributed by atoms with van der Waals surface area (Å²) in [6.45, 7) is 1.73. The van der Waals surface area contributed by atoms with Gasteiger partial charge in [0.15, 0.2) is 0 Å². The molecular weight excluding hydrogens is 183 g/mol. The molecule has 3 N–H and O–H groups in total. The highest BCUT2D eigenvalue weighted by molar-refractivity contribution is 5.92. The van der Waals surface area contributed by atoms with Crippen molar-refractivity contribution >= 4 is 11.6 Å². The second-order valence-electron chi connectivity index (χ2n) is 2.87. The maximum atomic E-state index is 13.2. The Balaban J connectivity index is 2.96. The first-order chi connectivity index (χ1) is 6.69. The molecule has 14 heavy (non-hydrogen) atoms. The summed E-state index contributed by atoms with van der Waals surface area (Å²) in [6, 6.07) is 4.59. The third-order valence-corrected chi connectivity index (χ3v) is 1.93. The lowest BCUT2D eigenvalue weighted by Crippen LogP contribution is -2.22. The van der Waals surface area contributed by atoms with Gasteiger partial charge in [0.25, 0.3) is 0 Å². The summed E-state index contributed by atoms with van der Waals surface area (Å²) < 4.78 is 13.2. The molecule has 0 saturated heterocycles. The molecule has 1 aromatic carbocycles. The highest BCUT2D eigenvalue weighted by Crippen LogP contribution is 2.19. The number of hydrogen-bond donors (Lipinski definition) is 2. The Hall–Kier alpha value is -1.42. The van der Waals surface area contributed by atoms with Gasteiger partial charge < -0.3 is 11.1 Å². The first kappa shape index (κ1) is 10.7. The van der Waals surface area contributed by atoms with Crippen LogP contribution in [0.25, 0.3) is 0 Å². The van der Waals surface area contributed by atoms with E-state index in [2.05, 4.69) is 5.32 Å². The molecule has 0 heterocycles. The van der Waals surface area contributed by atoms with Crippen LogP contribution in [0.2, 0.25) is 0 Å². The molecule has 3 nitrogen and oxygen atoms in total. The van der Waals surface area contributed by atoms with Crippen LogP contribution in [0, 0.1) is 5.82 Å². The van der Waals surface area contributed by atoms with Crippen molar-refractivity contribution in [2.24, 2.45) is 5.73 Å². The molecule has 1 aromatic rings. The number of amides is 1. The minimum absolute atomic E-state index is 0.0976. The molecule has 1 rings (SSSR count). The molecule has 0 aliphatic carbocycles. The molecular formula is C10H13FN2O. The van der Waals surface area contributed by atoms with E-state index in [-0.39, 0.29) is 18.3 Å². The number of halogens is 1. The fraction of sp³-hybridized carbons (Fsp3) is 0.300. The zero-order valence-corrected chi connectivity index (χ0v) is 8.01. The van der Waals surface area contributed by atoms with Gasteiger partial charge in [0.05, 0.1) is 6.54 Å². The molecule has 0 unspecified atom stereocenters. The Morgan fingerprint density at radius 1 is 1.57 bits per heavy atom. The predicted octanol–water partition coefficient (Wildman–Crippen LogP) is 1.29. The van der Waals surface area contributed by atoms with E-state index in [1.54, 1.807) is 12.1 Å². The minimum atomic E-state index is -0.315. The minimum Gasteiger partial charge on any atom is -0.325 e. The molecule has 0 aliphatic rings. The van der Waals surface area contributed by atoms with Crippen LogP contribution in [0.4, 0.5) is 10.1 Å². The van der Waals surface area contributed by atoms with Crippen molar-refractivity contribution in [2.75, 3.05) is 11.9 Å².